The number of anilines is 3. The number of aryl methyl sites for hydroxylation is 1. The highest BCUT2D eigenvalue weighted by molar-refractivity contribution is 7.99. The molecule has 2 aromatic carbocycles. The second-order valence-corrected chi connectivity index (χ2v) is 7.57. The number of hydrogen-bond acceptors (Lipinski definition) is 7. The zero-order valence-corrected chi connectivity index (χ0v) is 15.8. The van der Waals surface area contributed by atoms with Crippen molar-refractivity contribution in [3.8, 4) is 6.01 Å². The first kappa shape index (κ1) is 17.0. The summed E-state index contributed by atoms with van der Waals surface area (Å²) < 4.78 is 5.56. The monoisotopic (exact) mass is 391 g/mol. The highest BCUT2D eigenvalue weighted by atomic mass is 32.2. The fourth-order valence-corrected chi connectivity index (χ4v) is 4.26. The fourth-order valence-electron chi connectivity index (χ4n) is 3.40. The third-order valence-corrected chi connectivity index (χ3v) is 5.76. The Morgan fingerprint density at radius 3 is 2.96 bits per heavy atom. The summed E-state index contributed by atoms with van der Waals surface area (Å²) >= 11 is 1.50. The van der Waals surface area contributed by atoms with Crippen LogP contribution in [0.3, 0.4) is 0 Å². The number of hydrogen-bond donors (Lipinski definition) is 1. The largest absolute Gasteiger partial charge is 0.452 e. The van der Waals surface area contributed by atoms with E-state index in [0.717, 1.165) is 29.1 Å². The molecule has 1 amide bonds. The van der Waals surface area contributed by atoms with Gasteiger partial charge in [0, 0.05) is 17.1 Å². The Kier molecular flexibility index (Phi) is 4.32. The third-order valence-electron chi connectivity index (χ3n) is 4.72. The molecule has 2 aliphatic heterocycles. The van der Waals surface area contributed by atoms with Crippen LogP contribution < -0.4 is 15.0 Å². The molecule has 140 valence electrons. The van der Waals surface area contributed by atoms with Crippen molar-refractivity contribution in [2.75, 3.05) is 23.4 Å². The van der Waals surface area contributed by atoms with Gasteiger partial charge in [0.2, 0.25) is 0 Å². The Morgan fingerprint density at radius 2 is 2.00 bits per heavy atom. The first-order valence-electron chi connectivity index (χ1n) is 9.07. The Hall–Kier alpha value is -3.13. The second-order valence-electron chi connectivity index (χ2n) is 6.54. The summed E-state index contributed by atoms with van der Waals surface area (Å²) in [6.07, 6.45) is 1.93. The number of carbonyl (C=O) groups excluding carboxylic acids is 1. The highest BCUT2D eigenvalue weighted by Gasteiger charge is 2.24. The van der Waals surface area contributed by atoms with E-state index in [1.807, 2.05) is 42.5 Å². The van der Waals surface area contributed by atoms with E-state index in [4.69, 9.17) is 4.74 Å². The van der Waals surface area contributed by atoms with E-state index in [2.05, 4.69) is 26.6 Å². The number of nitrogens with zero attached hydrogens (tertiary/aromatic N) is 4. The SMILES string of the molecule is O=C(COc1nnc2c(n1)Nc1ccccc1S2)N1CCCc2ccccc21. The lowest BCUT2D eigenvalue weighted by molar-refractivity contribution is -0.120. The van der Waals surface area contributed by atoms with Crippen LogP contribution in [0.2, 0.25) is 0 Å². The minimum absolute atomic E-state index is 0.0878. The van der Waals surface area contributed by atoms with E-state index in [0.29, 0.717) is 17.4 Å². The molecular formula is C20H17N5O2S. The molecule has 8 heteroatoms. The lowest BCUT2D eigenvalue weighted by Gasteiger charge is -2.29. The molecule has 7 nitrogen and oxygen atoms in total. The summed E-state index contributed by atoms with van der Waals surface area (Å²) in [6.45, 7) is 0.565. The van der Waals surface area contributed by atoms with Crippen molar-refractivity contribution in [3.05, 3.63) is 54.1 Å². The van der Waals surface area contributed by atoms with Crippen molar-refractivity contribution in [2.45, 2.75) is 22.8 Å². The highest BCUT2D eigenvalue weighted by Crippen LogP contribution is 2.41. The maximum atomic E-state index is 12.7. The van der Waals surface area contributed by atoms with Crippen LogP contribution in [0, 0.1) is 0 Å². The fraction of sp³-hybridized carbons (Fsp3) is 0.200. The first-order chi connectivity index (χ1) is 13.8. The molecule has 28 heavy (non-hydrogen) atoms. The zero-order chi connectivity index (χ0) is 18.9. The Morgan fingerprint density at radius 1 is 1.14 bits per heavy atom. The number of carbonyl (C=O) groups is 1. The summed E-state index contributed by atoms with van der Waals surface area (Å²) in [5, 5.41) is 12.1. The molecule has 5 rings (SSSR count). The number of benzene rings is 2. The number of rotatable bonds is 3. The molecule has 0 fully saturated rings. The van der Waals surface area contributed by atoms with E-state index < -0.39 is 0 Å². The molecule has 0 aliphatic carbocycles. The molecule has 3 heterocycles. The van der Waals surface area contributed by atoms with Crippen molar-refractivity contribution >= 4 is 34.9 Å². The minimum atomic E-state index is -0.126. The number of para-hydroxylation sites is 2. The van der Waals surface area contributed by atoms with Gasteiger partial charge in [-0.1, -0.05) is 47.2 Å². The number of aromatic nitrogens is 3. The minimum Gasteiger partial charge on any atom is -0.452 e. The molecule has 0 bridgehead atoms. The van der Waals surface area contributed by atoms with Crippen molar-refractivity contribution in [2.24, 2.45) is 0 Å². The average molecular weight is 391 g/mol. The number of fused-ring (bicyclic) bond motifs is 3. The molecule has 0 saturated carbocycles. The third kappa shape index (κ3) is 3.16. The van der Waals surface area contributed by atoms with Crippen LogP contribution in [-0.2, 0) is 11.2 Å². The van der Waals surface area contributed by atoms with Crippen molar-refractivity contribution < 1.29 is 9.53 Å². The maximum Gasteiger partial charge on any atom is 0.338 e. The van der Waals surface area contributed by atoms with Gasteiger partial charge in [0.25, 0.3) is 5.91 Å². The molecule has 0 radical (unpaired) electrons. The normalized spacial score (nSPS) is 14.4. The van der Waals surface area contributed by atoms with Gasteiger partial charge in [0.1, 0.15) is 0 Å². The Bertz CT molecular complexity index is 1060. The van der Waals surface area contributed by atoms with E-state index >= 15 is 0 Å². The van der Waals surface area contributed by atoms with E-state index in [1.54, 1.807) is 4.90 Å². The molecule has 1 aromatic heterocycles. The van der Waals surface area contributed by atoms with Crippen molar-refractivity contribution in [3.63, 3.8) is 0 Å². The topological polar surface area (TPSA) is 80.2 Å². The van der Waals surface area contributed by atoms with Gasteiger partial charge in [0.15, 0.2) is 17.5 Å². The first-order valence-corrected chi connectivity index (χ1v) is 9.89. The van der Waals surface area contributed by atoms with Crippen LogP contribution in [-0.4, -0.2) is 34.2 Å². The van der Waals surface area contributed by atoms with E-state index in [9.17, 15) is 4.79 Å². The van der Waals surface area contributed by atoms with Gasteiger partial charge >= 0.3 is 6.01 Å². The predicted octanol–water partition coefficient (Wildman–Crippen LogP) is 3.44. The van der Waals surface area contributed by atoms with Crippen LogP contribution in [0.5, 0.6) is 6.01 Å². The lowest BCUT2D eigenvalue weighted by atomic mass is 10.0. The van der Waals surface area contributed by atoms with Crippen molar-refractivity contribution in [1.82, 2.24) is 15.2 Å². The molecule has 3 aromatic rings. The molecule has 0 unspecified atom stereocenters. The Labute approximate surface area is 166 Å². The van der Waals surface area contributed by atoms with E-state index in [1.165, 1.54) is 17.3 Å². The van der Waals surface area contributed by atoms with Crippen LogP contribution in [0.4, 0.5) is 17.2 Å². The lowest BCUT2D eigenvalue weighted by Crippen LogP contribution is -2.38. The number of nitrogens with one attached hydrogen (secondary N) is 1. The van der Waals surface area contributed by atoms with Crippen LogP contribution >= 0.6 is 11.8 Å². The molecule has 0 saturated heterocycles. The number of ether oxygens (including phenoxy) is 1. The quantitative estimate of drug-likeness (QED) is 0.573. The van der Waals surface area contributed by atoms with Crippen molar-refractivity contribution in [1.29, 1.82) is 0 Å². The molecule has 2 aliphatic rings. The van der Waals surface area contributed by atoms with Crippen LogP contribution in [0.15, 0.2) is 58.5 Å². The van der Waals surface area contributed by atoms with Gasteiger partial charge in [0.05, 0.1) is 5.69 Å². The van der Waals surface area contributed by atoms with Gasteiger partial charge in [-0.15, -0.1) is 5.10 Å². The molecule has 1 N–H and O–H groups in total. The summed E-state index contributed by atoms with van der Waals surface area (Å²) in [5.41, 5.74) is 3.11. The van der Waals surface area contributed by atoms with Crippen LogP contribution in [0.25, 0.3) is 0 Å². The maximum absolute atomic E-state index is 12.7. The Balaban J connectivity index is 1.29. The van der Waals surface area contributed by atoms with Gasteiger partial charge in [-0.2, -0.15) is 4.98 Å². The summed E-state index contributed by atoms with van der Waals surface area (Å²) in [4.78, 5) is 19.9. The summed E-state index contributed by atoms with van der Waals surface area (Å²) in [7, 11) is 0. The average Bonchev–Trinajstić information content (AvgIpc) is 2.75. The summed E-state index contributed by atoms with van der Waals surface area (Å²) in [5.74, 6) is 0.477. The zero-order valence-electron chi connectivity index (χ0n) is 15.0. The molecule has 0 atom stereocenters. The van der Waals surface area contributed by atoms with Gasteiger partial charge in [-0.05, 0) is 36.6 Å². The van der Waals surface area contributed by atoms with Crippen LogP contribution in [0.1, 0.15) is 12.0 Å². The molecular weight excluding hydrogens is 374 g/mol. The summed E-state index contributed by atoms with van der Waals surface area (Å²) in [6, 6.07) is 16.0. The molecule has 0 spiro atoms. The van der Waals surface area contributed by atoms with Gasteiger partial charge < -0.3 is 15.0 Å². The van der Waals surface area contributed by atoms with Gasteiger partial charge in [-0.25, -0.2) is 0 Å². The van der Waals surface area contributed by atoms with E-state index in [-0.39, 0.29) is 18.5 Å². The van der Waals surface area contributed by atoms with Gasteiger partial charge in [-0.3, -0.25) is 4.79 Å². The predicted molar refractivity (Wildman–Crippen MR) is 106 cm³/mol. The smallest absolute Gasteiger partial charge is 0.338 e. The standard InChI is InChI=1S/C20H17N5O2S/c26-17(25-11-5-7-13-6-1-3-9-15(13)25)12-27-20-22-18-19(23-24-20)28-16-10-4-2-8-14(16)21-18/h1-4,6,8-10H,5,7,11-12H2,(H,21,22,24). The number of amides is 1. The second kappa shape index (κ2) is 7.12.